The van der Waals surface area contributed by atoms with E-state index in [0.29, 0.717) is 37.8 Å². The molecule has 18 heavy (non-hydrogen) atoms. The van der Waals surface area contributed by atoms with Gasteiger partial charge in [-0.3, -0.25) is 4.98 Å². The van der Waals surface area contributed by atoms with Crippen molar-refractivity contribution in [2.45, 2.75) is 18.4 Å². The maximum absolute atomic E-state index is 6.28. The Labute approximate surface area is 104 Å². The minimum atomic E-state index is -0.564. The van der Waals surface area contributed by atoms with Gasteiger partial charge in [-0.15, -0.1) is 0 Å². The van der Waals surface area contributed by atoms with Crippen LogP contribution in [0.5, 0.6) is 0 Å². The highest BCUT2D eigenvalue weighted by Crippen LogP contribution is 2.29. The largest absolute Gasteiger partial charge is 0.381 e. The standard InChI is InChI=1S/C12H14N4O2/c13-12(3-6-17-7-4-12)11-15-10(16-18-11)9-2-1-5-14-8-9/h1-2,5,8H,3-4,6-7,13H2. The average Bonchev–Trinajstić information content (AvgIpc) is 2.91. The zero-order valence-electron chi connectivity index (χ0n) is 9.87. The van der Waals surface area contributed by atoms with Crippen molar-refractivity contribution in [3.05, 3.63) is 30.4 Å². The molecule has 94 valence electrons. The monoisotopic (exact) mass is 246 g/mol. The van der Waals surface area contributed by atoms with E-state index in [2.05, 4.69) is 15.1 Å². The quantitative estimate of drug-likeness (QED) is 0.853. The van der Waals surface area contributed by atoms with Crippen LogP contribution in [0.4, 0.5) is 0 Å². The van der Waals surface area contributed by atoms with Gasteiger partial charge in [0, 0.05) is 31.2 Å². The average molecular weight is 246 g/mol. The lowest BCUT2D eigenvalue weighted by atomic mass is 9.91. The van der Waals surface area contributed by atoms with Crippen LogP contribution in [0.15, 0.2) is 29.0 Å². The van der Waals surface area contributed by atoms with Crippen molar-refractivity contribution in [1.29, 1.82) is 0 Å². The Bertz CT molecular complexity index is 520. The van der Waals surface area contributed by atoms with Gasteiger partial charge in [-0.25, -0.2) is 0 Å². The lowest BCUT2D eigenvalue weighted by Gasteiger charge is -2.29. The van der Waals surface area contributed by atoms with E-state index in [1.807, 2.05) is 12.1 Å². The molecule has 0 radical (unpaired) electrons. The molecule has 6 nitrogen and oxygen atoms in total. The molecule has 2 aromatic heterocycles. The Kier molecular flexibility index (Phi) is 2.81. The first-order valence-electron chi connectivity index (χ1n) is 5.89. The second-order valence-electron chi connectivity index (χ2n) is 4.43. The van der Waals surface area contributed by atoms with Gasteiger partial charge in [0.1, 0.15) is 5.54 Å². The van der Waals surface area contributed by atoms with E-state index in [9.17, 15) is 0 Å². The summed E-state index contributed by atoms with van der Waals surface area (Å²) in [5.41, 5.74) is 6.54. The van der Waals surface area contributed by atoms with Crippen molar-refractivity contribution in [2.75, 3.05) is 13.2 Å². The van der Waals surface area contributed by atoms with Crippen molar-refractivity contribution in [3.63, 3.8) is 0 Å². The molecule has 1 aliphatic rings. The zero-order valence-corrected chi connectivity index (χ0v) is 9.87. The van der Waals surface area contributed by atoms with Crippen LogP contribution in [-0.4, -0.2) is 28.3 Å². The van der Waals surface area contributed by atoms with Gasteiger partial charge in [0.05, 0.1) is 0 Å². The summed E-state index contributed by atoms with van der Waals surface area (Å²) in [7, 11) is 0. The third-order valence-corrected chi connectivity index (χ3v) is 3.16. The molecule has 1 saturated heterocycles. The van der Waals surface area contributed by atoms with E-state index in [0.717, 1.165) is 5.56 Å². The normalized spacial score (nSPS) is 18.7. The van der Waals surface area contributed by atoms with Crippen molar-refractivity contribution < 1.29 is 9.26 Å². The van der Waals surface area contributed by atoms with Crippen LogP contribution in [0.25, 0.3) is 11.4 Å². The lowest BCUT2D eigenvalue weighted by molar-refractivity contribution is 0.0400. The molecule has 1 aliphatic heterocycles. The van der Waals surface area contributed by atoms with Crippen molar-refractivity contribution in [3.8, 4) is 11.4 Å². The van der Waals surface area contributed by atoms with E-state index in [4.69, 9.17) is 15.0 Å². The predicted molar refractivity (Wildman–Crippen MR) is 63.4 cm³/mol. The van der Waals surface area contributed by atoms with Gasteiger partial charge in [-0.1, -0.05) is 5.16 Å². The van der Waals surface area contributed by atoms with Gasteiger partial charge < -0.3 is 15.0 Å². The summed E-state index contributed by atoms with van der Waals surface area (Å²) >= 11 is 0. The Balaban J connectivity index is 1.89. The number of hydrogen-bond donors (Lipinski definition) is 1. The zero-order chi connectivity index (χ0) is 12.4. The SMILES string of the molecule is NC1(c2nc(-c3cccnc3)no2)CCOCC1. The number of nitrogens with two attached hydrogens (primary N) is 1. The summed E-state index contributed by atoms with van der Waals surface area (Å²) < 4.78 is 10.6. The molecule has 0 aliphatic carbocycles. The Morgan fingerprint density at radius 1 is 1.28 bits per heavy atom. The number of pyridine rings is 1. The molecule has 2 N–H and O–H groups in total. The third-order valence-electron chi connectivity index (χ3n) is 3.16. The number of aromatic nitrogens is 3. The van der Waals surface area contributed by atoms with Crippen molar-refractivity contribution in [2.24, 2.45) is 5.73 Å². The van der Waals surface area contributed by atoms with E-state index < -0.39 is 5.54 Å². The molecule has 1 fully saturated rings. The Hall–Kier alpha value is -1.79. The molecule has 0 amide bonds. The minimum absolute atomic E-state index is 0.477. The summed E-state index contributed by atoms with van der Waals surface area (Å²) in [6.07, 6.45) is 4.79. The molecule has 0 atom stereocenters. The molecular weight excluding hydrogens is 232 g/mol. The first kappa shape index (κ1) is 11.3. The third kappa shape index (κ3) is 2.00. The maximum atomic E-state index is 6.28. The molecule has 0 spiro atoms. The Morgan fingerprint density at radius 2 is 2.11 bits per heavy atom. The summed E-state index contributed by atoms with van der Waals surface area (Å²) in [6, 6.07) is 3.72. The topological polar surface area (TPSA) is 87.1 Å². The first-order chi connectivity index (χ1) is 8.78. The highest BCUT2D eigenvalue weighted by Gasteiger charge is 2.35. The van der Waals surface area contributed by atoms with Gasteiger partial charge in [0.15, 0.2) is 0 Å². The number of ether oxygens (including phenoxy) is 1. The molecule has 3 heterocycles. The maximum Gasteiger partial charge on any atom is 0.247 e. The number of nitrogens with zero attached hydrogens (tertiary/aromatic N) is 3. The van der Waals surface area contributed by atoms with E-state index in [1.54, 1.807) is 12.4 Å². The summed E-state index contributed by atoms with van der Waals surface area (Å²) in [5.74, 6) is 0.999. The number of hydrogen-bond acceptors (Lipinski definition) is 6. The van der Waals surface area contributed by atoms with E-state index in [-0.39, 0.29) is 0 Å². The smallest absolute Gasteiger partial charge is 0.247 e. The van der Waals surface area contributed by atoms with Crippen LogP contribution < -0.4 is 5.73 Å². The molecule has 0 saturated carbocycles. The second-order valence-corrected chi connectivity index (χ2v) is 4.43. The molecular formula is C12H14N4O2. The Morgan fingerprint density at radius 3 is 2.83 bits per heavy atom. The van der Waals surface area contributed by atoms with Crippen LogP contribution in [0.1, 0.15) is 18.7 Å². The van der Waals surface area contributed by atoms with Crippen molar-refractivity contribution >= 4 is 0 Å². The van der Waals surface area contributed by atoms with Crippen LogP contribution in [0, 0.1) is 0 Å². The fourth-order valence-electron chi connectivity index (χ4n) is 1.99. The molecule has 3 rings (SSSR count). The van der Waals surface area contributed by atoms with Gasteiger partial charge in [-0.05, 0) is 25.0 Å². The van der Waals surface area contributed by atoms with E-state index >= 15 is 0 Å². The molecule has 6 heteroatoms. The van der Waals surface area contributed by atoms with Crippen LogP contribution in [0.2, 0.25) is 0 Å². The first-order valence-corrected chi connectivity index (χ1v) is 5.89. The van der Waals surface area contributed by atoms with Gasteiger partial charge in [0.25, 0.3) is 0 Å². The number of rotatable bonds is 2. The fraction of sp³-hybridized carbons (Fsp3) is 0.417. The van der Waals surface area contributed by atoms with Gasteiger partial charge in [0.2, 0.25) is 11.7 Å². The highest BCUT2D eigenvalue weighted by molar-refractivity contribution is 5.52. The van der Waals surface area contributed by atoms with Crippen LogP contribution >= 0.6 is 0 Å². The summed E-state index contributed by atoms with van der Waals surface area (Å²) in [4.78, 5) is 8.40. The summed E-state index contributed by atoms with van der Waals surface area (Å²) in [6.45, 7) is 1.25. The van der Waals surface area contributed by atoms with Gasteiger partial charge in [-0.2, -0.15) is 4.98 Å². The summed E-state index contributed by atoms with van der Waals surface area (Å²) in [5, 5.41) is 3.96. The van der Waals surface area contributed by atoms with E-state index in [1.165, 1.54) is 0 Å². The van der Waals surface area contributed by atoms with Crippen molar-refractivity contribution in [1.82, 2.24) is 15.1 Å². The highest BCUT2D eigenvalue weighted by atomic mass is 16.5. The van der Waals surface area contributed by atoms with Crippen LogP contribution in [-0.2, 0) is 10.3 Å². The predicted octanol–water partition coefficient (Wildman–Crippen LogP) is 1.10. The molecule has 0 bridgehead atoms. The lowest BCUT2D eigenvalue weighted by Crippen LogP contribution is -2.42. The molecule has 0 unspecified atom stereocenters. The van der Waals surface area contributed by atoms with Crippen LogP contribution in [0.3, 0.4) is 0 Å². The second kappa shape index (κ2) is 4.47. The van der Waals surface area contributed by atoms with Gasteiger partial charge >= 0.3 is 0 Å². The molecule has 0 aromatic carbocycles. The molecule has 2 aromatic rings. The minimum Gasteiger partial charge on any atom is -0.381 e. The fourth-order valence-corrected chi connectivity index (χ4v) is 1.99.